The molecule has 1 N–H and O–H groups in total. The summed E-state index contributed by atoms with van der Waals surface area (Å²) in [5, 5.41) is 11.6. The largest absolute Gasteiger partial charge is 0.497 e. The van der Waals surface area contributed by atoms with E-state index in [2.05, 4.69) is 27.4 Å². The van der Waals surface area contributed by atoms with Crippen LogP contribution in [0.2, 0.25) is 0 Å². The number of rotatable bonds is 8. The molecule has 0 radical (unpaired) electrons. The van der Waals surface area contributed by atoms with Crippen LogP contribution < -0.4 is 4.74 Å². The summed E-state index contributed by atoms with van der Waals surface area (Å²) in [6, 6.07) is 7.42. The Hall–Kier alpha value is -2.12. The number of ether oxygens (including phenoxy) is 2. The Kier molecular flexibility index (Phi) is 8.21. The number of aliphatic hydroxyl groups is 1. The number of benzene rings is 1. The van der Waals surface area contributed by atoms with E-state index in [0.717, 1.165) is 29.9 Å². The van der Waals surface area contributed by atoms with Gasteiger partial charge in [0.15, 0.2) is 5.78 Å². The molecule has 3 aliphatic rings. The number of thioether (sulfide) groups is 1. The number of methoxy groups -OCH3 is 1. The zero-order chi connectivity index (χ0) is 27.9. The van der Waals surface area contributed by atoms with Gasteiger partial charge in [0.2, 0.25) is 0 Å². The Morgan fingerprint density at radius 2 is 1.87 bits per heavy atom. The average molecular weight is 543 g/mol. The minimum Gasteiger partial charge on any atom is -0.497 e. The van der Waals surface area contributed by atoms with Crippen LogP contribution in [0.3, 0.4) is 0 Å². The maximum Gasteiger partial charge on any atom is 0.313 e. The highest BCUT2D eigenvalue weighted by Gasteiger charge is 2.68. The van der Waals surface area contributed by atoms with E-state index >= 15 is 0 Å². The van der Waals surface area contributed by atoms with Crippen LogP contribution in [0.15, 0.2) is 41.8 Å². The Morgan fingerprint density at radius 3 is 2.50 bits per heavy atom. The molecule has 1 aromatic rings. The van der Waals surface area contributed by atoms with Crippen molar-refractivity contribution >= 4 is 29.3 Å². The molecule has 6 nitrogen and oxygen atoms in total. The quantitative estimate of drug-likeness (QED) is 0.196. The van der Waals surface area contributed by atoms with Crippen molar-refractivity contribution in [3.8, 4) is 5.75 Å². The molecule has 3 aliphatic carbocycles. The van der Waals surface area contributed by atoms with Gasteiger partial charge in [-0.3, -0.25) is 14.4 Å². The van der Waals surface area contributed by atoms with Crippen LogP contribution in [0.5, 0.6) is 5.75 Å². The van der Waals surface area contributed by atoms with Crippen molar-refractivity contribution in [2.24, 2.45) is 34.0 Å². The molecule has 2 bridgehead atoms. The summed E-state index contributed by atoms with van der Waals surface area (Å²) < 4.78 is 11.3. The molecular weight excluding hydrogens is 500 g/mol. The predicted octanol–water partition coefficient (Wildman–Crippen LogP) is 5.65. The van der Waals surface area contributed by atoms with Gasteiger partial charge in [0, 0.05) is 28.1 Å². The molecule has 0 heterocycles. The molecule has 208 valence electrons. The molecule has 3 fully saturated rings. The van der Waals surface area contributed by atoms with E-state index in [9.17, 15) is 19.5 Å². The number of Topliss-reactive ketones (excluding diaryl/α,β-unsaturated/α-hetero) is 2. The highest BCUT2D eigenvalue weighted by atomic mass is 32.2. The lowest BCUT2D eigenvalue weighted by atomic mass is 9.44. The smallest absolute Gasteiger partial charge is 0.313 e. The van der Waals surface area contributed by atoms with E-state index in [1.807, 2.05) is 31.2 Å². The van der Waals surface area contributed by atoms with Crippen LogP contribution >= 0.6 is 11.8 Å². The zero-order valence-electron chi connectivity index (χ0n) is 23.3. The molecule has 0 aromatic heterocycles. The SMILES string of the molecule is C=C[C@@]1(C)C[C@@H](OC(=O)CC(=O)CSc2ccc(OC)cc2)[C@]2(C)C(C)CC[C@]3(CCC(=O)C32)[C@@H](C)[C@@H]1O. The maximum absolute atomic E-state index is 13.5. The molecule has 2 unspecified atom stereocenters. The molecule has 0 aliphatic heterocycles. The van der Waals surface area contributed by atoms with Crippen molar-refractivity contribution in [2.75, 3.05) is 12.9 Å². The van der Waals surface area contributed by atoms with Crippen LogP contribution in [0.4, 0.5) is 0 Å². The van der Waals surface area contributed by atoms with Gasteiger partial charge in [0.05, 0.1) is 19.0 Å². The van der Waals surface area contributed by atoms with Gasteiger partial charge in [-0.25, -0.2) is 0 Å². The second kappa shape index (κ2) is 10.8. The third kappa shape index (κ3) is 4.85. The van der Waals surface area contributed by atoms with E-state index in [1.165, 1.54) is 11.8 Å². The van der Waals surface area contributed by atoms with Crippen molar-refractivity contribution in [2.45, 2.75) is 83.3 Å². The van der Waals surface area contributed by atoms with Crippen molar-refractivity contribution in [1.29, 1.82) is 0 Å². The second-order valence-corrected chi connectivity index (χ2v) is 13.3. The van der Waals surface area contributed by atoms with Gasteiger partial charge < -0.3 is 14.6 Å². The molecule has 1 aromatic carbocycles. The van der Waals surface area contributed by atoms with Gasteiger partial charge in [-0.2, -0.15) is 0 Å². The number of esters is 1. The standard InChI is InChI=1S/C31H42O6S/c1-7-29(4)17-25(37-26(34)16-21(32)18-38-23-10-8-22(36-6)9-11-23)30(5)19(2)12-14-31(20(3)28(29)35)15-13-24(33)27(30)31/h7-11,19-20,25,27-28,35H,1,12-18H2,2-6H3/t19?,20-,25+,27?,28-,29-,30-,31-/m0/s1. The van der Waals surface area contributed by atoms with Gasteiger partial charge in [0.1, 0.15) is 24.1 Å². The number of ketones is 2. The first-order chi connectivity index (χ1) is 17.9. The van der Waals surface area contributed by atoms with Crippen LogP contribution in [-0.4, -0.2) is 47.7 Å². The third-order valence-electron chi connectivity index (χ3n) is 10.4. The summed E-state index contributed by atoms with van der Waals surface area (Å²) >= 11 is 1.37. The average Bonchev–Trinajstić information content (AvgIpc) is 3.26. The Balaban J connectivity index is 1.56. The van der Waals surface area contributed by atoms with E-state index in [-0.39, 0.29) is 46.9 Å². The zero-order valence-corrected chi connectivity index (χ0v) is 24.1. The lowest BCUT2D eigenvalue weighted by molar-refractivity contribution is -0.206. The minimum absolute atomic E-state index is 0.0815. The number of carbonyl (C=O) groups is 3. The fraction of sp³-hybridized carbons (Fsp3) is 0.645. The van der Waals surface area contributed by atoms with Crippen LogP contribution in [0.25, 0.3) is 0 Å². The van der Waals surface area contributed by atoms with E-state index < -0.39 is 29.0 Å². The molecule has 4 rings (SSSR count). The Labute approximate surface area is 230 Å². The van der Waals surface area contributed by atoms with Crippen LogP contribution in [0, 0.1) is 34.0 Å². The number of carbonyl (C=O) groups excluding carboxylic acids is 3. The highest BCUT2D eigenvalue weighted by molar-refractivity contribution is 8.00. The molecule has 0 spiro atoms. The lowest BCUT2D eigenvalue weighted by Crippen LogP contribution is -2.63. The molecule has 0 amide bonds. The van der Waals surface area contributed by atoms with E-state index in [4.69, 9.17) is 9.47 Å². The molecule has 38 heavy (non-hydrogen) atoms. The summed E-state index contributed by atoms with van der Waals surface area (Å²) in [5.74, 6) is 0.120. The number of aliphatic hydroxyl groups excluding tert-OH is 1. The first-order valence-corrected chi connectivity index (χ1v) is 14.7. The summed E-state index contributed by atoms with van der Waals surface area (Å²) in [7, 11) is 1.60. The van der Waals surface area contributed by atoms with Crippen LogP contribution in [-0.2, 0) is 19.1 Å². The molecular formula is C31H42O6S. The maximum atomic E-state index is 13.5. The summed E-state index contributed by atoms with van der Waals surface area (Å²) in [4.78, 5) is 40.3. The topological polar surface area (TPSA) is 89.9 Å². The van der Waals surface area contributed by atoms with Gasteiger partial charge >= 0.3 is 5.97 Å². The monoisotopic (exact) mass is 542 g/mol. The number of hydrogen-bond donors (Lipinski definition) is 1. The van der Waals surface area contributed by atoms with Crippen molar-refractivity contribution in [3.05, 3.63) is 36.9 Å². The van der Waals surface area contributed by atoms with Gasteiger partial charge in [-0.15, -0.1) is 18.3 Å². The van der Waals surface area contributed by atoms with E-state index in [1.54, 1.807) is 13.2 Å². The second-order valence-electron chi connectivity index (χ2n) is 12.2. The summed E-state index contributed by atoms with van der Waals surface area (Å²) in [6.07, 6.45) is 3.55. The Bertz CT molecular complexity index is 1080. The summed E-state index contributed by atoms with van der Waals surface area (Å²) in [5.41, 5.74) is -1.60. The summed E-state index contributed by atoms with van der Waals surface area (Å²) in [6.45, 7) is 12.4. The fourth-order valence-electron chi connectivity index (χ4n) is 7.75. The minimum atomic E-state index is -0.713. The fourth-order valence-corrected chi connectivity index (χ4v) is 8.51. The first-order valence-electron chi connectivity index (χ1n) is 13.7. The molecule has 3 saturated carbocycles. The van der Waals surface area contributed by atoms with Crippen molar-refractivity contribution in [3.63, 3.8) is 0 Å². The first kappa shape index (κ1) is 28.9. The number of hydrogen-bond acceptors (Lipinski definition) is 7. The molecule has 7 heteroatoms. The molecule has 8 atom stereocenters. The van der Waals surface area contributed by atoms with Gasteiger partial charge in [0.25, 0.3) is 0 Å². The highest BCUT2D eigenvalue weighted by Crippen LogP contribution is 2.68. The van der Waals surface area contributed by atoms with Crippen molar-refractivity contribution < 1.29 is 29.0 Å². The van der Waals surface area contributed by atoms with E-state index in [0.29, 0.717) is 12.8 Å². The van der Waals surface area contributed by atoms with Gasteiger partial charge in [-0.05, 0) is 67.2 Å². The third-order valence-corrected chi connectivity index (χ3v) is 11.4. The van der Waals surface area contributed by atoms with Crippen molar-refractivity contribution in [1.82, 2.24) is 0 Å². The predicted molar refractivity (Wildman–Crippen MR) is 148 cm³/mol. The lowest BCUT2D eigenvalue weighted by Gasteiger charge is -2.61. The van der Waals surface area contributed by atoms with Crippen LogP contribution in [0.1, 0.15) is 66.2 Å². The normalized spacial score (nSPS) is 38.5. The molecule has 0 saturated heterocycles. The van der Waals surface area contributed by atoms with Gasteiger partial charge in [-0.1, -0.05) is 33.8 Å². The Morgan fingerprint density at radius 1 is 1.18 bits per heavy atom.